The van der Waals surface area contributed by atoms with E-state index in [1.54, 1.807) is 17.9 Å². The van der Waals surface area contributed by atoms with Crippen LogP contribution in [0.4, 0.5) is 35.5 Å². The Kier molecular flexibility index (Phi) is 8.02. The number of hydrogen-bond acceptors (Lipinski definition) is 3. The Bertz CT molecular complexity index is 1300. The minimum atomic E-state index is -5.00. The topological polar surface area (TPSA) is 36.0 Å². The van der Waals surface area contributed by atoms with E-state index in [1.807, 2.05) is 0 Å². The summed E-state index contributed by atoms with van der Waals surface area (Å²) in [6.45, 7) is 5.52. The number of rotatable bonds is 3. The summed E-state index contributed by atoms with van der Waals surface area (Å²) in [5, 5.41) is 0. The highest BCUT2D eigenvalue weighted by Gasteiger charge is 2.52. The highest BCUT2D eigenvalue weighted by atomic mass is 19.4. The number of likely N-dealkylation sites (tertiary alicyclic amines) is 1. The maximum atomic E-state index is 14.1. The molecular weight excluding hydrogens is 567 g/mol. The molecule has 3 fully saturated rings. The maximum absolute atomic E-state index is 14.1. The largest absolute Gasteiger partial charge is 0.416 e. The number of hydrogen-bond donors (Lipinski definition) is 0. The van der Waals surface area contributed by atoms with E-state index in [9.17, 15) is 35.5 Å². The zero-order chi connectivity index (χ0) is 30.6. The standard InChI is InChI=1S/C30H34F7N3O2/c1-18-12-23(31)4-5-25(18)26-16-28(7-6-24-17-42-11-10-40(24)28)8-9-39(26)27(41)38(3)19(2)20-13-21(29(32,33)34)15-22(14-20)30(35,36)37/h4-5,12-15,19,24,26H,6-11,16-17H2,1-3H3/t19?,24-,26-,28?/m1/s1. The SMILES string of the molecule is Cc1cc(F)ccc1[C@H]1CC2(CC[C@@H]3COCCN32)CCN1C(=O)N(C)C(C)c1cc(C(F)(F)F)cc(C(F)(F)F)c1. The Hall–Kier alpha value is -2.86. The predicted octanol–water partition coefficient (Wildman–Crippen LogP) is 7.36. The van der Waals surface area contributed by atoms with E-state index in [0.29, 0.717) is 50.3 Å². The van der Waals surface area contributed by atoms with Crippen LogP contribution in [0.15, 0.2) is 36.4 Å². The quantitative estimate of drug-likeness (QED) is 0.345. The molecule has 12 heteroatoms. The van der Waals surface area contributed by atoms with Gasteiger partial charge in [-0.2, -0.15) is 26.3 Å². The fourth-order valence-corrected chi connectivity index (χ4v) is 6.97. The number of aryl methyl sites for hydroxylation is 1. The van der Waals surface area contributed by atoms with Gasteiger partial charge in [0.2, 0.25) is 0 Å². The summed E-state index contributed by atoms with van der Waals surface area (Å²) in [4.78, 5) is 19.3. The van der Waals surface area contributed by atoms with Gasteiger partial charge in [0.15, 0.2) is 0 Å². The van der Waals surface area contributed by atoms with Crippen molar-refractivity contribution in [1.29, 1.82) is 0 Å². The maximum Gasteiger partial charge on any atom is 0.416 e. The smallest absolute Gasteiger partial charge is 0.378 e. The molecule has 0 bridgehead atoms. The van der Waals surface area contributed by atoms with Crippen LogP contribution in [0.25, 0.3) is 0 Å². The van der Waals surface area contributed by atoms with Crippen LogP contribution < -0.4 is 0 Å². The zero-order valence-corrected chi connectivity index (χ0v) is 23.7. The number of carbonyl (C=O) groups is 1. The van der Waals surface area contributed by atoms with E-state index in [0.717, 1.165) is 24.9 Å². The van der Waals surface area contributed by atoms with Crippen molar-refractivity contribution in [3.63, 3.8) is 0 Å². The number of amides is 2. The third-order valence-electron chi connectivity index (χ3n) is 9.36. The van der Waals surface area contributed by atoms with E-state index in [-0.39, 0.29) is 23.2 Å². The van der Waals surface area contributed by atoms with Crippen LogP contribution in [0.5, 0.6) is 0 Å². The average Bonchev–Trinajstić information content (AvgIpc) is 3.28. The summed E-state index contributed by atoms with van der Waals surface area (Å²) < 4.78 is 101. The molecule has 0 aliphatic carbocycles. The molecule has 3 aliphatic rings. The van der Waals surface area contributed by atoms with E-state index >= 15 is 0 Å². The van der Waals surface area contributed by atoms with Gasteiger partial charge in [0.1, 0.15) is 5.82 Å². The van der Waals surface area contributed by atoms with Gasteiger partial charge in [-0.05, 0) is 86.6 Å². The highest BCUT2D eigenvalue weighted by Crippen LogP contribution is 2.49. The molecule has 2 aromatic rings. The van der Waals surface area contributed by atoms with Crippen LogP contribution in [0.2, 0.25) is 0 Å². The lowest BCUT2D eigenvalue weighted by Gasteiger charge is -2.52. The molecule has 3 heterocycles. The Morgan fingerprint density at radius 2 is 1.69 bits per heavy atom. The van der Waals surface area contributed by atoms with Crippen LogP contribution in [0, 0.1) is 12.7 Å². The van der Waals surface area contributed by atoms with Gasteiger partial charge in [-0.25, -0.2) is 9.18 Å². The van der Waals surface area contributed by atoms with Gasteiger partial charge in [-0.3, -0.25) is 4.90 Å². The van der Waals surface area contributed by atoms with Crippen molar-refractivity contribution < 1.29 is 40.3 Å². The Morgan fingerprint density at radius 1 is 1.02 bits per heavy atom. The van der Waals surface area contributed by atoms with Crippen molar-refractivity contribution >= 4 is 6.03 Å². The molecule has 4 atom stereocenters. The first kappa shape index (κ1) is 30.6. The van der Waals surface area contributed by atoms with Crippen molar-refractivity contribution in [2.24, 2.45) is 0 Å². The number of alkyl halides is 6. The number of ether oxygens (including phenoxy) is 1. The number of nitrogens with zero attached hydrogens (tertiary/aromatic N) is 3. The van der Waals surface area contributed by atoms with Crippen molar-refractivity contribution in [2.45, 2.75) is 75.5 Å². The molecule has 5 nitrogen and oxygen atoms in total. The second-order valence-electron chi connectivity index (χ2n) is 11.8. The Balaban J connectivity index is 1.47. The summed E-state index contributed by atoms with van der Waals surface area (Å²) in [6, 6.07) is 4.00. The van der Waals surface area contributed by atoms with Gasteiger partial charge in [0.25, 0.3) is 0 Å². The van der Waals surface area contributed by atoms with Crippen LogP contribution in [0.3, 0.4) is 0 Å². The monoisotopic (exact) mass is 601 g/mol. The molecule has 2 unspecified atom stereocenters. The summed E-state index contributed by atoms with van der Waals surface area (Å²) in [5.41, 5.74) is -1.90. The van der Waals surface area contributed by atoms with Crippen molar-refractivity contribution in [3.05, 3.63) is 70.0 Å². The fourth-order valence-electron chi connectivity index (χ4n) is 6.97. The van der Waals surface area contributed by atoms with Crippen LogP contribution >= 0.6 is 0 Å². The van der Waals surface area contributed by atoms with Gasteiger partial charge < -0.3 is 14.5 Å². The minimum absolute atomic E-state index is 0.0793. The molecule has 230 valence electrons. The third-order valence-corrected chi connectivity index (χ3v) is 9.36. The summed E-state index contributed by atoms with van der Waals surface area (Å²) in [7, 11) is 1.38. The molecule has 0 radical (unpaired) electrons. The number of urea groups is 1. The van der Waals surface area contributed by atoms with E-state index < -0.39 is 47.4 Å². The molecule has 5 rings (SSSR count). The molecule has 0 N–H and O–H groups in total. The number of morpholine rings is 1. The number of piperidine rings is 1. The molecule has 2 aromatic carbocycles. The molecule has 2 amide bonds. The molecule has 0 saturated carbocycles. The van der Waals surface area contributed by atoms with Crippen molar-refractivity contribution in [1.82, 2.24) is 14.7 Å². The van der Waals surface area contributed by atoms with Gasteiger partial charge in [-0.1, -0.05) is 6.07 Å². The van der Waals surface area contributed by atoms with Crippen LogP contribution in [-0.2, 0) is 17.1 Å². The Labute approximate surface area is 240 Å². The number of halogens is 7. The molecule has 3 saturated heterocycles. The third kappa shape index (κ3) is 5.71. The molecular formula is C30H34F7N3O2. The van der Waals surface area contributed by atoms with Gasteiger partial charge in [0.05, 0.1) is 36.4 Å². The summed E-state index contributed by atoms with van der Waals surface area (Å²) in [5.74, 6) is -0.412. The van der Waals surface area contributed by atoms with Crippen LogP contribution in [0.1, 0.15) is 72.5 Å². The Morgan fingerprint density at radius 3 is 2.31 bits per heavy atom. The lowest BCUT2D eigenvalue weighted by molar-refractivity contribution is -0.143. The zero-order valence-electron chi connectivity index (χ0n) is 23.7. The first-order valence-electron chi connectivity index (χ1n) is 14.0. The molecule has 0 aromatic heterocycles. The van der Waals surface area contributed by atoms with Crippen molar-refractivity contribution in [2.75, 3.05) is 33.4 Å². The fraction of sp³-hybridized carbons (Fsp3) is 0.567. The summed E-state index contributed by atoms with van der Waals surface area (Å²) >= 11 is 0. The van der Waals surface area contributed by atoms with Crippen molar-refractivity contribution in [3.8, 4) is 0 Å². The number of carbonyl (C=O) groups excluding carboxylic acids is 1. The number of fused-ring (bicyclic) bond motifs is 2. The first-order chi connectivity index (χ1) is 19.6. The van der Waals surface area contributed by atoms with Gasteiger partial charge in [0, 0.05) is 31.7 Å². The molecule has 3 aliphatic heterocycles. The normalized spacial score (nSPS) is 25.9. The minimum Gasteiger partial charge on any atom is -0.378 e. The van der Waals surface area contributed by atoms with Gasteiger partial charge in [-0.15, -0.1) is 0 Å². The second kappa shape index (κ2) is 11.0. The molecule has 1 spiro atoms. The second-order valence-corrected chi connectivity index (χ2v) is 11.8. The summed E-state index contributed by atoms with van der Waals surface area (Å²) in [6.07, 6.45) is -6.89. The molecule has 42 heavy (non-hydrogen) atoms. The first-order valence-corrected chi connectivity index (χ1v) is 14.0. The van der Waals surface area contributed by atoms with Gasteiger partial charge >= 0.3 is 18.4 Å². The predicted molar refractivity (Wildman–Crippen MR) is 141 cm³/mol. The lowest BCUT2D eigenvalue weighted by atomic mass is 9.78. The van der Waals surface area contributed by atoms with E-state index in [1.165, 1.54) is 31.0 Å². The van der Waals surface area contributed by atoms with E-state index in [2.05, 4.69) is 4.90 Å². The highest BCUT2D eigenvalue weighted by molar-refractivity contribution is 5.75. The number of benzene rings is 2. The van der Waals surface area contributed by atoms with Crippen LogP contribution in [-0.4, -0.2) is 65.7 Å². The van der Waals surface area contributed by atoms with E-state index in [4.69, 9.17) is 4.74 Å². The average molecular weight is 602 g/mol. The lowest BCUT2D eigenvalue weighted by Crippen LogP contribution is -2.59.